The Morgan fingerprint density at radius 3 is 2.49 bits per heavy atom. The topological polar surface area (TPSA) is 205 Å². The third-order valence-electron chi connectivity index (χ3n) is 7.01. The van der Waals surface area contributed by atoms with Crippen LogP contribution in [0.5, 0.6) is 0 Å². The van der Waals surface area contributed by atoms with Gasteiger partial charge in [0.1, 0.15) is 24.4 Å². The van der Waals surface area contributed by atoms with Crippen molar-refractivity contribution in [1.29, 1.82) is 0 Å². The van der Waals surface area contributed by atoms with E-state index in [1.165, 1.54) is 17.4 Å². The molecule has 0 radical (unpaired) electrons. The minimum Gasteiger partial charge on any atom is -0.348 e. The molecule has 13 nitrogen and oxygen atoms in total. The van der Waals surface area contributed by atoms with Gasteiger partial charge in [-0.3, -0.25) is 19.2 Å². The molecular weight excluding hydrogens is 528 g/mol. The van der Waals surface area contributed by atoms with Crippen LogP contribution in [0.4, 0.5) is 0 Å². The molecule has 0 saturated carbocycles. The molecule has 3 rings (SSSR count). The summed E-state index contributed by atoms with van der Waals surface area (Å²) >= 11 is 0. The van der Waals surface area contributed by atoms with E-state index >= 15 is 0 Å². The van der Waals surface area contributed by atoms with Crippen LogP contribution in [0.1, 0.15) is 43.4 Å². The number of aromatic amines is 1. The SMILES string of the molecule is NCCCC[C@H](NC(=O)[C@H](Cc1cnc[nH]1)NC(=O)CN)C(=O)N1CCC[C@H]1C(=O)N[C@H](C=O)Cc1ccccc1. The molecule has 4 amide bonds. The molecule has 0 unspecified atom stereocenters. The summed E-state index contributed by atoms with van der Waals surface area (Å²) in [4.78, 5) is 72.4. The molecule has 4 atom stereocenters. The number of nitrogens with one attached hydrogen (secondary N) is 4. The van der Waals surface area contributed by atoms with E-state index in [1.54, 1.807) is 0 Å². The highest BCUT2D eigenvalue weighted by Crippen LogP contribution is 2.20. The van der Waals surface area contributed by atoms with Crippen LogP contribution in [0.25, 0.3) is 0 Å². The van der Waals surface area contributed by atoms with Gasteiger partial charge in [-0.05, 0) is 50.6 Å². The number of aldehydes is 1. The number of unbranched alkanes of at least 4 members (excludes halogenated alkanes) is 1. The molecule has 1 fully saturated rings. The summed E-state index contributed by atoms with van der Waals surface area (Å²) in [5, 5.41) is 8.16. The van der Waals surface area contributed by atoms with E-state index in [2.05, 4.69) is 25.9 Å². The highest BCUT2D eigenvalue weighted by molar-refractivity contribution is 5.95. The molecule has 0 spiro atoms. The van der Waals surface area contributed by atoms with Crippen molar-refractivity contribution in [2.75, 3.05) is 19.6 Å². The Hall–Kier alpha value is -4.10. The lowest BCUT2D eigenvalue weighted by Crippen LogP contribution is -2.58. The number of aromatic nitrogens is 2. The number of amides is 4. The number of H-pyrrole nitrogens is 1. The number of likely N-dealkylation sites (tertiary alicyclic amines) is 1. The maximum absolute atomic E-state index is 13.8. The average Bonchev–Trinajstić information content (AvgIpc) is 3.68. The Morgan fingerprint density at radius 2 is 1.83 bits per heavy atom. The fourth-order valence-electron chi connectivity index (χ4n) is 4.88. The normalized spacial score (nSPS) is 16.8. The number of nitrogens with two attached hydrogens (primary N) is 2. The third kappa shape index (κ3) is 9.50. The summed E-state index contributed by atoms with van der Waals surface area (Å²) in [5.74, 6) is -1.89. The van der Waals surface area contributed by atoms with Crippen molar-refractivity contribution in [1.82, 2.24) is 30.8 Å². The zero-order valence-corrected chi connectivity index (χ0v) is 23.1. The van der Waals surface area contributed by atoms with Crippen LogP contribution in [0, 0.1) is 0 Å². The summed E-state index contributed by atoms with van der Waals surface area (Å²) in [6, 6.07) is 5.88. The minimum atomic E-state index is -1.000. The van der Waals surface area contributed by atoms with Crippen molar-refractivity contribution in [2.24, 2.45) is 11.5 Å². The minimum absolute atomic E-state index is 0.116. The van der Waals surface area contributed by atoms with E-state index in [4.69, 9.17) is 11.5 Å². The summed E-state index contributed by atoms with van der Waals surface area (Å²) < 4.78 is 0. The second-order valence-corrected chi connectivity index (χ2v) is 10.1. The second-order valence-electron chi connectivity index (χ2n) is 10.1. The monoisotopic (exact) mass is 568 g/mol. The fraction of sp³-hybridized carbons (Fsp3) is 0.500. The quantitative estimate of drug-likeness (QED) is 0.108. The highest BCUT2D eigenvalue weighted by atomic mass is 16.2. The van der Waals surface area contributed by atoms with E-state index in [9.17, 15) is 24.0 Å². The summed E-state index contributed by atoms with van der Waals surface area (Å²) in [6.45, 7) is 0.460. The molecule has 1 aromatic carbocycles. The fourth-order valence-corrected chi connectivity index (χ4v) is 4.88. The van der Waals surface area contributed by atoms with Crippen molar-refractivity contribution < 1.29 is 24.0 Å². The molecule has 2 aromatic rings. The standard InChI is InChI=1S/C28H40N8O5/c29-11-5-4-9-22(35-26(39)23(34-25(38)15-30)14-20-16-31-18-32-20)28(41)36-12-6-10-24(36)27(40)33-21(17-37)13-19-7-2-1-3-8-19/h1-3,7-8,16-18,21-24H,4-6,9-15,29-30H2,(H,31,32)(H,33,40)(H,34,38)(H,35,39)/t21-,22-,23-,24-/m0/s1. The van der Waals surface area contributed by atoms with Crippen LogP contribution in [0.15, 0.2) is 42.9 Å². The molecule has 1 aromatic heterocycles. The molecule has 2 heterocycles. The van der Waals surface area contributed by atoms with Crippen molar-refractivity contribution in [3.8, 4) is 0 Å². The third-order valence-corrected chi connectivity index (χ3v) is 7.01. The average molecular weight is 569 g/mol. The van der Waals surface area contributed by atoms with Crippen LogP contribution in [-0.2, 0) is 36.8 Å². The van der Waals surface area contributed by atoms with Crippen molar-refractivity contribution in [3.63, 3.8) is 0 Å². The molecule has 1 aliphatic rings. The number of hydrogen-bond acceptors (Lipinski definition) is 8. The number of carbonyl (C=O) groups is 5. The number of hydrogen-bond donors (Lipinski definition) is 6. The van der Waals surface area contributed by atoms with Gasteiger partial charge in [-0.2, -0.15) is 0 Å². The molecule has 41 heavy (non-hydrogen) atoms. The van der Waals surface area contributed by atoms with E-state index < -0.39 is 47.8 Å². The van der Waals surface area contributed by atoms with Crippen LogP contribution in [0.3, 0.4) is 0 Å². The van der Waals surface area contributed by atoms with Gasteiger partial charge in [0.05, 0.1) is 18.9 Å². The zero-order valence-electron chi connectivity index (χ0n) is 23.1. The van der Waals surface area contributed by atoms with Crippen molar-refractivity contribution >= 4 is 29.9 Å². The van der Waals surface area contributed by atoms with Gasteiger partial charge < -0.3 is 42.1 Å². The van der Waals surface area contributed by atoms with Crippen molar-refractivity contribution in [3.05, 3.63) is 54.1 Å². The number of carbonyl (C=O) groups excluding carboxylic acids is 5. The largest absolute Gasteiger partial charge is 0.348 e. The Bertz CT molecular complexity index is 1140. The number of benzene rings is 1. The summed E-state index contributed by atoms with van der Waals surface area (Å²) in [6.07, 6.45) is 6.70. The first-order valence-electron chi connectivity index (χ1n) is 13.9. The lowest BCUT2D eigenvalue weighted by Gasteiger charge is -2.30. The smallest absolute Gasteiger partial charge is 0.245 e. The molecule has 1 saturated heterocycles. The van der Waals surface area contributed by atoms with E-state index in [0.717, 1.165) is 5.56 Å². The Morgan fingerprint density at radius 1 is 1.05 bits per heavy atom. The lowest BCUT2D eigenvalue weighted by molar-refractivity contribution is -0.142. The predicted octanol–water partition coefficient (Wildman–Crippen LogP) is -1.07. The Balaban J connectivity index is 1.71. The molecule has 0 aliphatic carbocycles. The molecule has 1 aliphatic heterocycles. The number of nitrogens with zero attached hydrogens (tertiary/aromatic N) is 2. The number of imidazole rings is 1. The maximum Gasteiger partial charge on any atom is 0.245 e. The Labute approximate surface area is 239 Å². The van der Waals surface area contributed by atoms with Gasteiger partial charge in [-0.15, -0.1) is 0 Å². The number of rotatable bonds is 16. The van der Waals surface area contributed by atoms with Gasteiger partial charge in [0.15, 0.2) is 0 Å². The zero-order chi connectivity index (χ0) is 29.6. The van der Waals surface area contributed by atoms with Gasteiger partial charge >= 0.3 is 0 Å². The summed E-state index contributed by atoms with van der Waals surface area (Å²) in [7, 11) is 0. The lowest BCUT2D eigenvalue weighted by atomic mass is 10.0. The van der Waals surface area contributed by atoms with Crippen LogP contribution < -0.4 is 27.4 Å². The molecular formula is C28H40N8O5. The molecule has 222 valence electrons. The van der Waals surface area contributed by atoms with Crippen LogP contribution in [0.2, 0.25) is 0 Å². The van der Waals surface area contributed by atoms with Gasteiger partial charge in [0.2, 0.25) is 23.6 Å². The van der Waals surface area contributed by atoms with E-state index in [0.29, 0.717) is 63.6 Å². The first-order chi connectivity index (χ1) is 19.9. The molecule has 8 N–H and O–H groups in total. The molecule has 0 bridgehead atoms. The van der Waals surface area contributed by atoms with Gasteiger partial charge in [-0.25, -0.2) is 4.98 Å². The second kappa shape index (κ2) is 16.2. The first kappa shape index (κ1) is 31.4. The summed E-state index contributed by atoms with van der Waals surface area (Å²) in [5.41, 5.74) is 12.6. The maximum atomic E-state index is 13.8. The van der Waals surface area contributed by atoms with Crippen LogP contribution >= 0.6 is 0 Å². The van der Waals surface area contributed by atoms with E-state index in [1.807, 2.05) is 30.3 Å². The molecule has 13 heteroatoms. The van der Waals surface area contributed by atoms with Crippen molar-refractivity contribution in [2.45, 2.75) is 69.1 Å². The van der Waals surface area contributed by atoms with Gasteiger partial charge in [-0.1, -0.05) is 30.3 Å². The first-order valence-corrected chi connectivity index (χ1v) is 13.9. The Kier molecular flexibility index (Phi) is 12.4. The van der Waals surface area contributed by atoms with Gasteiger partial charge in [0, 0.05) is 24.9 Å². The van der Waals surface area contributed by atoms with Crippen LogP contribution in [-0.4, -0.2) is 88.6 Å². The van der Waals surface area contributed by atoms with E-state index in [-0.39, 0.29) is 13.0 Å². The van der Waals surface area contributed by atoms with Gasteiger partial charge in [0.25, 0.3) is 0 Å². The predicted molar refractivity (Wildman–Crippen MR) is 151 cm³/mol. The highest BCUT2D eigenvalue weighted by Gasteiger charge is 2.38.